The van der Waals surface area contributed by atoms with Crippen LogP contribution in [0.5, 0.6) is 5.75 Å². The number of hydrogen-bond donors (Lipinski definition) is 1. The molecule has 0 saturated carbocycles. The maximum atomic E-state index is 10.3. The number of phenolic OH excluding ortho intramolecular Hbond substituents is 1. The number of phenols is 1. The first-order valence-corrected chi connectivity index (χ1v) is 9.87. The van der Waals surface area contributed by atoms with Gasteiger partial charge in [-0.3, -0.25) is 4.90 Å². The summed E-state index contributed by atoms with van der Waals surface area (Å²) in [6, 6.07) is 14.9. The maximum absolute atomic E-state index is 10.3. The van der Waals surface area contributed by atoms with Crippen LogP contribution in [0.1, 0.15) is 62.8 Å². The Bertz CT molecular complexity index is 739. The van der Waals surface area contributed by atoms with Crippen LogP contribution < -0.4 is 0 Å². The van der Waals surface area contributed by atoms with Crippen LogP contribution in [0.2, 0.25) is 0 Å². The fraction of sp³-hybridized carbons (Fsp3) is 0.417. The molecule has 2 heteroatoms. The molecule has 2 aromatic carbocycles. The highest BCUT2D eigenvalue weighted by Crippen LogP contribution is 2.33. The van der Waals surface area contributed by atoms with Gasteiger partial charge in [-0.2, -0.15) is 0 Å². The van der Waals surface area contributed by atoms with E-state index in [1.807, 2.05) is 6.07 Å². The van der Waals surface area contributed by atoms with Gasteiger partial charge in [0.15, 0.2) is 0 Å². The SMILES string of the molecule is CC/C(=C(/CC)c1ccc(O)c(CN(CC)CC)c1)c1ccc(C)cc1. The average molecular weight is 352 g/mol. The van der Waals surface area contributed by atoms with Gasteiger partial charge in [0.05, 0.1) is 0 Å². The van der Waals surface area contributed by atoms with Crippen molar-refractivity contribution in [2.45, 2.75) is 54.0 Å². The summed E-state index contributed by atoms with van der Waals surface area (Å²) < 4.78 is 0. The molecule has 0 aliphatic rings. The summed E-state index contributed by atoms with van der Waals surface area (Å²) >= 11 is 0. The number of hydrogen-bond acceptors (Lipinski definition) is 2. The van der Waals surface area contributed by atoms with Gasteiger partial charge in [-0.05, 0) is 67.3 Å². The molecule has 0 aromatic heterocycles. The molecule has 0 amide bonds. The predicted octanol–water partition coefficient (Wildman–Crippen LogP) is 6.27. The van der Waals surface area contributed by atoms with E-state index in [0.29, 0.717) is 5.75 Å². The average Bonchev–Trinajstić information content (AvgIpc) is 2.66. The highest BCUT2D eigenvalue weighted by molar-refractivity contribution is 5.91. The van der Waals surface area contributed by atoms with E-state index in [-0.39, 0.29) is 0 Å². The number of benzene rings is 2. The number of allylic oxidation sites excluding steroid dienone is 2. The molecule has 0 aliphatic carbocycles. The highest BCUT2D eigenvalue weighted by Gasteiger charge is 2.12. The zero-order valence-electron chi connectivity index (χ0n) is 17.0. The molecule has 0 radical (unpaired) electrons. The Morgan fingerprint density at radius 1 is 0.808 bits per heavy atom. The van der Waals surface area contributed by atoms with Crippen LogP contribution >= 0.6 is 0 Å². The number of aromatic hydroxyl groups is 1. The normalized spacial score (nSPS) is 12.4. The molecule has 2 aromatic rings. The van der Waals surface area contributed by atoms with Crippen molar-refractivity contribution in [3.63, 3.8) is 0 Å². The molecule has 0 saturated heterocycles. The Morgan fingerprint density at radius 2 is 1.35 bits per heavy atom. The van der Waals surface area contributed by atoms with Gasteiger partial charge >= 0.3 is 0 Å². The van der Waals surface area contributed by atoms with Crippen molar-refractivity contribution < 1.29 is 5.11 Å². The van der Waals surface area contributed by atoms with Gasteiger partial charge in [0.1, 0.15) is 5.75 Å². The lowest BCUT2D eigenvalue weighted by Gasteiger charge is -2.20. The molecule has 0 unspecified atom stereocenters. The third kappa shape index (κ3) is 4.76. The fourth-order valence-electron chi connectivity index (χ4n) is 3.53. The molecule has 0 aliphatic heterocycles. The van der Waals surface area contributed by atoms with Crippen LogP contribution in [0.4, 0.5) is 0 Å². The second kappa shape index (κ2) is 9.59. The van der Waals surface area contributed by atoms with Crippen molar-refractivity contribution in [2.75, 3.05) is 13.1 Å². The first-order valence-electron chi connectivity index (χ1n) is 9.87. The standard InChI is InChI=1S/C24H33NO/c1-6-22(19-12-10-18(5)11-13-19)23(7-2)20-14-15-24(26)21(16-20)17-25(8-3)9-4/h10-16,26H,6-9,17H2,1-5H3/b23-22+. The van der Waals surface area contributed by atoms with E-state index in [0.717, 1.165) is 38.0 Å². The number of rotatable bonds is 8. The van der Waals surface area contributed by atoms with Crippen molar-refractivity contribution in [3.8, 4) is 5.75 Å². The van der Waals surface area contributed by atoms with Crippen molar-refractivity contribution in [3.05, 3.63) is 64.7 Å². The zero-order valence-corrected chi connectivity index (χ0v) is 17.0. The number of aryl methyl sites for hydroxylation is 1. The summed E-state index contributed by atoms with van der Waals surface area (Å²) in [6.45, 7) is 13.6. The maximum Gasteiger partial charge on any atom is 0.120 e. The molecule has 0 bridgehead atoms. The lowest BCUT2D eigenvalue weighted by molar-refractivity contribution is 0.291. The van der Waals surface area contributed by atoms with Gasteiger partial charge in [0, 0.05) is 12.1 Å². The van der Waals surface area contributed by atoms with Crippen LogP contribution in [0.15, 0.2) is 42.5 Å². The molecule has 1 N–H and O–H groups in total. The summed E-state index contributed by atoms with van der Waals surface area (Å²) in [7, 11) is 0. The van der Waals surface area contributed by atoms with Gasteiger partial charge in [-0.25, -0.2) is 0 Å². The minimum atomic E-state index is 0.393. The Hall–Kier alpha value is -2.06. The van der Waals surface area contributed by atoms with Gasteiger partial charge in [0.2, 0.25) is 0 Å². The molecule has 0 atom stereocenters. The largest absolute Gasteiger partial charge is 0.508 e. The first kappa shape index (κ1) is 20.3. The highest BCUT2D eigenvalue weighted by atomic mass is 16.3. The van der Waals surface area contributed by atoms with Gasteiger partial charge in [-0.1, -0.05) is 63.6 Å². The van der Waals surface area contributed by atoms with Crippen LogP contribution in [-0.4, -0.2) is 23.1 Å². The first-order chi connectivity index (χ1) is 12.5. The zero-order chi connectivity index (χ0) is 19.1. The minimum Gasteiger partial charge on any atom is -0.508 e. The van der Waals surface area contributed by atoms with E-state index in [9.17, 15) is 5.11 Å². The Morgan fingerprint density at radius 3 is 1.88 bits per heavy atom. The molecule has 0 heterocycles. The quantitative estimate of drug-likeness (QED) is 0.566. The van der Waals surface area contributed by atoms with E-state index < -0.39 is 0 Å². The monoisotopic (exact) mass is 351 g/mol. The summed E-state index contributed by atoms with van der Waals surface area (Å²) in [6.07, 6.45) is 1.98. The van der Waals surface area contributed by atoms with Crippen molar-refractivity contribution in [1.82, 2.24) is 4.90 Å². The Balaban J connectivity index is 2.49. The summed E-state index contributed by atoms with van der Waals surface area (Å²) in [5.41, 5.74) is 7.59. The lowest BCUT2D eigenvalue weighted by Crippen LogP contribution is -2.22. The molecular formula is C24H33NO. The smallest absolute Gasteiger partial charge is 0.120 e. The van der Waals surface area contributed by atoms with Gasteiger partial charge in [0.25, 0.3) is 0 Å². The Kier molecular flexibility index (Phi) is 7.47. The molecule has 26 heavy (non-hydrogen) atoms. The van der Waals surface area contributed by atoms with E-state index in [1.165, 1.54) is 27.8 Å². The third-order valence-corrected chi connectivity index (χ3v) is 5.19. The fourth-order valence-corrected chi connectivity index (χ4v) is 3.53. The van der Waals surface area contributed by atoms with Crippen LogP contribution in [0, 0.1) is 6.92 Å². The van der Waals surface area contributed by atoms with Crippen molar-refractivity contribution in [2.24, 2.45) is 0 Å². The van der Waals surface area contributed by atoms with Crippen molar-refractivity contribution in [1.29, 1.82) is 0 Å². The van der Waals surface area contributed by atoms with Crippen LogP contribution in [0.25, 0.3) is 11.1 Å². The molecule has 2 nitrogen and oxygen atoms in total. The van der Waals surface area contributed by atoms with Crippen molar-refractivity contribution >= 4 is 11.1 Å². The summed E-state index contributed by atoms with van der Waals surface area (Å²) in [4.78, 5) is 2.33. The minimum absolute atomic E-state index is 0.393. The molecule has 2 rings (SSSR count). The molecule has 0 spiro atoms. The van der Waals surface area contributed by atoms with Crippen LogP contribution in [-0.2, 0) is 6.54 Å². The second-order valence-electron chi connectivity index (χ2n) is 6.84. The molecular weight excluding hydrogens is 318 g/mol. The van der Waals surface area contributed by atoms with E-state index in [1.54, 1.807) is 0 Å². The van der Waals surface area contributed by atoms with E-state index in [2.05, 4.69) is 75.9 Å². The van der Waals surface area contributed by atoms with Gasteiger partial charge in [-0.15, -0.1) is 0 Å². The topological polar surface area (TPSA) is 23.5 Å². The Labute approximate surface area is 159 Å². The van der Waals surface area contributed by atoms with Crippen LogP contribution in [0.3, 0.4) is 0 Å². The lowest BCUT2D eigenvalue weighted by atomic mass is 9.90. The summed E-state index contributed by atoms with van der Waals surface area (Å²) in [5, 5.41) is 10.3. The second-order valence-corrected chi connectivity index (χ2v) is 6.84. The number of nitrogens with zero attached hydrogens (tertiary/aromatic N) is 1. The van der Waals surface area contributed by atoms with E-state index >= 15 is 0 Å². The molecule has 140 valence electrons. The third-order valence-electron chi connectivity index (χ3n) is 5.19. The molecule has 0 fully saturated rings. The predicted molar refractivity (Wildman–Crippen MR) is 113 cm³/mol. The van der Waals surface area contributed by atoms with Gasteiger partial charge < -0.3 is 5.11 Å². The van der Waals surface area contributed by atoms with E-state index in [4.69, 9.17) is 0 Å². The summed E-state index contributed by atoms with van der Waals surface area (Å²) in [5.74, 6) is 0.393.